The van der Waals surface area contributed by atoms with Gasteiger partial charge >= 0.3 is 0 Å². The Bertz CT molecular complexity index is 623. The molecule has 0 saturated heterocycles. The van der Waals surface area contributed by atoms with Gasteiger partial charge in [-0.05, 0) is 25.8 Å². The van der Waals surface area contributed by atoms with Gasteiger partial charge in [0.15, 0.2) is 0 Å². The number of nitrogens with zero attached hydrogens (tertiary/aromatic N) is 1. The van der Waals surface area contributed by atoms with Crippen molar-refractivity contribution in [2.45, 2.75) is 45.3 Å². The lowest BCUT2D eigenvalue weighted by atomic mass is 9.92. The summed E-state index contributed by atoms with van der Waals surface area (Å²) in [6.07, 6.45) is 2.82. The number of benzene rings is 1. The van der Waals surface area contributed by atoms with Gasteiger partial charge in [0.2, 0.25) is 5.91 Å². The summed E-state index contributed by atoms with van der Waals surface area (Å²) in [6.45, 7) is 5.65. The fourth-order valence-corrected chi connectivity index (χ4v) is 3.11. The van der Waals surface area contributed by atoms with Crippen molar-refractivity contribution in [2.75, 3.05) is 0 Å². The van der Waals surface area contributed by atoms with Crippen LogP contribution in [0, 0.1) is 0 Å². The molecule has 0 saturated carbocycles. The summed E-state index contributed by atoms with van der Waals surface area (Å²) in [4.78, 5) is 17.7. The van der Waals surface area contributed by atoms with Gasteiger partial charge in [-0.1, -0.05) is 37.3 Å². The highest BCUT2D eigenvalue weighted by atomic mass is 32.1. The molecule has 1 amide bonds. The summed E-state index contributed by atoms with van der Waals surface area (Å²) in [6, 6.07) is 9.09. The summed E-state index contributed by atoms with van der Waals surface area (Å²) in [5.41, 5.74) is -0.442. The highest BCUT2D eigenvalue weighted by Gasteiger charge is 2.27. The predicted molar refractivity (Wildman–Crippen MR) is 88.7 cm³/mol. The summed E-state index contributed by atoms with van der Waals surface area (Å²) < 4.78 is 0. The lowest BCUT2D eigenvalue weighted by molar-refractivity contribution is -0.126. The van der Waals surface area contributed by atoms with Crippen LogP contribution in [-0.2, 0) is 16.8 Å². The SMILES string of the molecule is CCc1cnc(C(C)NC(=O)CC(C)(O)c2ccccc2)s1. The molecule has 0 aliphatic rings. The molecule has 0 fully saturated rings. The molecular weight excluding hydrogens is 296 g/mol. The third-order valence-electron chi connectivity index (χ3n) is 3.57. The number of aliphatic hydroxyl groups is 1. The van der Waals surface area contributed by atoms with Crippen LogP contribution >= 0.6 is 11.3 Å². The average molecular weight is 318 g/mol. The zero-order valence-electron chi connectivity index (χ0n) is 13.2. The Morgan fingerprint density at radius 2 is 2.09 bits per heavy atom. The lowest BCUT2D eigenvalue weighted by Crippen LogP contribution is -2.34. The second-order valence-electron chi connectivity index (χ2n) is 5.62. The van der Waals surface area contributed by atoms with E-state index in [-0.39, 0.29) is 18.4 Å². The topological polar surface area (TPSA) is 62.2 Å². The quantitative estimate of drug-likeness (QED) is 0.860. The molecule has 118 valence electrons. The molecule has 5 heteroatoms. The van der Waals surface area contributed by atoms with Crippen LogP contribution in [0.1, 0.15) is 48.7 Å². The van der Waals surface area contributed by atoms with Gasteiger partial charge < -0.3 is 10.4 Å². The van der Waals surface area contributed by atoms with Crippen LogP contribution < -0.4 is 5.32 Å². The number of aromatic nitrogens is 1. The molecule has 1 heterocycles. The monoisotopic (exact) mass is 318 g/mol. The first kappa shape index (κ1) is 16.6. The van der Waals surface area contributed by atoms with Gasteiger partial charge in [-0.3, -0.25) is 4.79 Å². The van der Waals surface area contributed by atoms with Gasteiger partial charge in [0.25, 0.3) is 0 Å². The van der Waals surface area contributed by atoms with Gasteiger partial charge in [0, 0.05) is 11.1 Å². The van der Waals surface area contributed by atoms with E-state index in [1.165, 1.54) is 4.88 Å². The third-order valence-corrected chi connectivity index (χ3v) is 4.89. The minimum atomic E-state index is -1.18. The lowest BCUT2D eigenvalue weighted by Gasteiger charge is -2.24. The van der Waals surface area contributed by atoms with Crippen LogP contribution in [0.2, 0.25) is 0 Å². The van der Waals surface area contributed by atoms with Gasteiger partial charge in [-0.2, -0.15) is 0 Å². The minimum absolute atomic E-state index is 0.0212. The molecule has 4 nitrogen and oxygen atoms in total. The second kappa shape index (κ2) is 7.03. The average Bonchev–Trinajstić information content (AvgIpc) is 2.96. The third kappa shape index (κ3) is 4.15. The van der Waals surface area contributed by atoms with E-state index >= 15 is 0 Å². The Morgan fingerprint density at radius 1 is 1.41 bits per heavy atom. The van der Waals surface area contributed by atoms with E-state index < -0.39 is 5.60 Å². The van der Waals surface area contributed by atoms with E-state index in [1.807, 2.05) is 43.5 Å². The Hall–Kier alpha value is -1.72. The zero-order valence-corrected chi connectivity index (χ0v) is 14.0. The Labute approximate surface area is 135 Å². The summed E-state index contributed by atoms with van der Waals surface area (Å²) in [7, 11) is 0. The maximum absolute atomic E-state index is 12.2. The maximum atomic E-state index is 12.2. The number of carbonyl (C=O) groups excluding carboxylic acids is 1. The molecule has 1 aromatic heterocycles. The van der Waals surface area contributed by atoms with Crippen molar-refractivity contribution in [1.82, 2.24) is 10.3 Å². The first-order chi connectivity index (χ1) is 10.4. The molecule has 1 aromatic carbocycles. The van der Waals surface area contributed by atoms with E-state index in [9.17, 15) is 9.90 Å². The Kier molecular flexibility index (Phi) is 5.32. The number of aryl methyl sites for hydroxylation is 1. The largest absolute Gasteiger partial charge is 0.385 e. The first-order valence-corrected chi connectivity index (χ1v) is 8.26. The number of thiazole rings is 1. The van der Waals surface area contributed by atoms with Gasteiger partial charge in [0.05, 0.1) is 18.1 Å². The number of hydrogen-bond donors (Lipinski definition) is 2. The van der Waals surface area contributed by atoms with Crippen LogP contribution in [0.3, 0.4) is 0 Å². The summed E-state index contributed by atoms with van der Waals surface area (Å²) in [5.74, 6) is -0.186. The fourth-order valence-electron chi connectivity index (χ4n) is 2.25. The fraction of sp³-hybridized carbons (Fsp3) is 0.412. The molecule has 2 N–H and O–H groups in total. The van der Waals surface area contributed by atoms with Gasteiger partial charge in [0.1, 0.15) is 5.01 Å². The second-order valence-corrected chi connectivity index (χ2v) is 6.77. The number of nitrogens with one attached hydrogen (secondary N) is 1. The molecule has 0 radical (unpaired) electrons. The van der Waals surface area contributed by atoms with Crippen molar-refractivity contribution in [3.05, 3.63) is 52.0 Å². The number of amides is 1. The smallest absolute Gasteiger partial charge is 0.223 e. The molecule has 0 bridgehead atoms. The standard InChI is InChI=1S/C17H22N2O2S/c1-4-14-11-18-16(22-14)12(2)19-15(20)10-17(3,21)13-8-6-5-7-9-13/h5-9,11-12,21H,4,10H2,1-3H3,(H,19,20). The van der Waals surface area contributed by atoms with Crippen molar-refractivity contribution >= 4 is 17.2 Å². The van der Waals surface area contributed by atoms with E-state index in [4.69, 9.17) is 0 Å². The van der Waals surface area contributed by atoms with Crippen LogP contribution in [0.5, 0.6) is 0 Å². The molecule has 2 rings (SSSR count). The molecule has 0 spiro atoms. The molecule has 0 aliphatic heterocycles. The first-order valence-electron chi connectivity index (χ1n) is 7.44. The van der Waals surface area contributed by atoms with Crippen molar-refractivity contribution in [1.29, 1.82) is 0 Å². The summed E-state index contributed by atoms with van der Waals surface area (Å²) >= 11 is 1.61. The van der Waals surface area contributed by atoms with Crippen molar-refractivity contribution in [3.63, 3.8) is 0 Å². The Morgan fingerprint density at radius 3 is 2.68 bits per heavy atom. The van der Waals surface area contributed by atoms with E-state index in [2.05, 4.69) is 17.2 Å². The molecule has 2 aromatic rings. The van der Waals surface area contributed by atoms with E-state index in [1.54, 1.807) is 18.3 Å². The summed E-state index contributed by atoms with van der Waals surface area (Å²) in [5, 5.41) is 14.3. The Balaban J connectivity index is 1.97. The van der Waals surface area contributed by atoms with Crippen LogP contribution in [0.25, 0.3) is 0 Å². The number of carbonyl (C=O) groups is 1. The van der Waals surface area contributed by atoms with E-state index in [0.717, 1.165) is 17.0 Å². The van der Waals surface area contributed by atoms with E-state index in [0.29, 0.717) is 0 Å². The number of hydrogen-bond acceptors (Lipinski definition) is 4. The normalized spacial score (nSPS) is 15.1. The van der Waals surface area contributed by atoms with Crippen LogP contribution in [0.15, 0.2) is 36.5 Å². The number of rotatable bonds is 6. The molecule has 0 aliphatic carbocycles. The predicted octanol–water partition coefficient (Wildman–Crippen LogP) is 3.18. The minimum Gasteiger partial charge on any atom is -0.385 e. The van der Waals surface area contributed by atoms with Gasteiger partial charge in [-0.25, -0.2) is 4.98 Å². The molecule has 2 unspecified atom stereocenters. The van der Waals surface area contributed by atoms with Crippen molar-refractivity contribution in [2.24, 2.45) is 0 Å². The van der Waals surface area contributed by atoms with Crippen molar-refractivity contribution < 1.29 is 9.90 Å². The molecule has 2 atom stereocenters. The van der Waals surface area contributed by atoms with Crippen LogP contribution in [0.4, 0.5) is 0 Å². The molecular formula is C17H22N2O2S. The zero-order chi connectivity index (χ0) is 16.2. The van der Waals surface area contributed by atoms with Gasteiger partial charge in [-0.15, -0.1) is 11.3 Å². The molecule has 22 heavy (non-hydrogen) atoms. The van der Waals surface area contributed by atoms with Crippen molar-refractivity contribution in [3.8, 4) is 0 Å². The highest BCUT2D eigenvalue weighted by Crippen LogP contribution is 2.25. The van der Waals surface area contributed by atoms with Crippen LogP contribution in [-0.4, -0.2) is 16.0 Å². The highest BCUT2D eigenvalue weighted by molar-refractivity contribution is 7.11. The maximum Gasteiger partial charge on any atom is 0.223 e.